The van der Waals surface area contributed by atoms with Crippen molar-refractivity contribution in [3.05, 3.63) is 35.4 Å². The lowest BCUT2D eigenvalue weighted by molar-refractivity contribution is -0.139. The molecule has 1 atom stereocenters. The fourth-order valence-electron chi connectivity index (χ4n) is 1.75. The molecular weight excluding hydrogens is 214 g/mol. The van der Waals surface area contributed by atoms with Gasteiger partial charge in [0.25, 0.3) is 0 Å². The van der Waals surface area contributed by atoms with E-state index in [-0.39, 0.29) is 5.41 Å². The lowest BCUT2D eigenvalue weighted by atomic mass is 9.81. The van der Waals surface area contributed by atoms with Crippen molar-refractivity contribution in [2.75, 3.05) is 0 Å². The minimum atomic E-state index is -0.815. The Balaban J connectivity index is 2.99. The fourth-order valence-corrected chi connectivity index (χ4v) is 1.75. The maximum Gasteiger partial charge on any atom is 0.310 e. The summed E-state index contributed by atoms with van der Waals surface area (Å²) in [5, 5.41) is 17.9. The summed E-state index contributed by atoms with van der Waals surface area (Å²) in [7, 11) is 0. The standard InChI is InChI=1S/C14H17NO2/c1-14(2,3)8-12(13(16)17)11-6-4-10(9-15)5-7-11/h4-7,12H,8H2,1-3H3,(H,16,17). The average Bonchev–Trinajstić information content (AvgIpc) is 2.25. The minimum absolute atomic E-state index is 0.0447. The van der Waals surface area contributed by atoms with Crippen molar-refractivity contribution in [1.29, 1.82) is 5.26 Å². The molecular formula is C14H17NO2. The zero-order valence-corrected chi connectivity index (χ0v) is 10.4. The van der Waals surface area contributed by atoms with Gasteiger partial charge in [-0.05, 0) is 29.5 Å². The van der Waals surface area contributed by atoms with Gasteiger partial charge in [-0.15, -0.1) is 0 Å². The Labute approximate surface area is 102 Å². The predicted octanol–water partition coefficient (Wildman–Crippen LogP) is 3.16. The number of hydrogen-bond donors (Lipinski definition) is 1. The largest absolute Gasteiger partial charge is 0.481 e. The summed E-state index contributed by atoms with van der Waals surface area (Å²) in [6, 6.07) is 8.80. The number of nitriles is 1. The zero-order valence-electron chi connectivity index (χ0n) is 10.4. The van der Waals surface area contributed by atoms with E-state index in [2.05, 4.69) is 0 Å². The monoisotopic (exact) mass is 231 g/mol. The second-order valence-corrected chi connectivity index (χ2v) is 5.39. The predicted molar refractivity (Wildman–Crippen MR) is 65.6 cm³/mol. The van der Waals surface area contributed by atoms with Crippen LogP contribution in [-0.2, 0) is 4.79 Å². The van der Waals surface area contributed by atoms with Crippen LogP contribution >= 0.6 is 0 Å². The van der Waals surface area contributed by atoms with Crippen LogP contribution in [0.5, 0.6) is 0 Å². The number of rotatable bonds is 3. The first-order valence-electron chi connectivity index (χ1n) is 5.56. The van der Waals surface area contributed by atoms with E-state index >= 15 is 0 Å². The Morgan fingerprint density at radius 3 is 2.24 bits per heavy atom. The average molecular weight is 231 g/mol. The van der Waals surface area contributed by atoms with Crippen LogP contribution in [0.3, 0.4) is 0 Å². The molecule has 0 aliphatic rings. The molecule has 0 amide bonds. The van der Waals surface area contributed by atoms with Crippen molar-refractivity contribution in [2.45, 2.75) is 33.1 Å². The number of hydrogen-bond acceptors (Lipinski definition) is 2. The van der Waals surface area contributed by atoms with Crippen LogP contribution in [0.15, 0.2) is 24.3 Å². The third-order valence-corrected chi connectivity index (χ3v) is 2.56. The van der Waals surface area contributed by atoms with E-state index in [9.17, 15) is 9.90 Å². The summed E-state index contributed by atoms with van der Waals surface area (Å²) in [4.78, 5) is 11.3. The normalized spacial score (nSPS) is 12.8. The molecule has 0 aromatic heterocycles. The highest BCUT2D eigenvalue weighted by Gasteiger charge is 2.25. The molecule has 1 N–H and O–H groups in total. The number of nitrogens with zero attached hydrogens (tertiary/aromatic N) is 1. The maximum atomic E-state index is 11.3. The SMILES string of the molecule is CC(C)(C)CC(C(=O)O)c1ccc(C#N)cc1. The Morgan fingerprint density at radius 2 is 1.88 bits per heavy atom. The van der Waals surface area contributed by atoms with Crippen LogP contribution in [-0.4, -0.2) is 11.1 Å². The van der Waals surface area contributed by atoms with Gasteiger partial charge in [0.2, 0.25) is 0 Å². The first-order valence-corrected chi connectivity index (χ1v) is 5.56. The van der Waals surface area contributed by atoms with Gasteiger partial charge in [-0.25, -0.2) is 0 Å². The summed E-state index contributed by atoms with van der Waals surface area (Å²) in [6.45, 7) is 6.06. The summed E-state index contributed by atoms with van der Waals surface area (Å²) in [5.41, 5.74) is 1.26. The quantitative estimate of drug-likeness (QED) is 0.869. The van der Waals surface area contributed by atoms with Gasteiger partial charge in [-0.2, -0.15) is 5.26 Å². The van der Waals surface area contributed by atoms with Crippen molar-refractivity contribution in [3.63, 3.8) is 0 Å². The highest BCUT2D eigenvalue weighted by molar-refractivity contribution is 5.76. The third kappa shape index (κ3) is 3.92. The van der Waals surface area contributed by atoms with E-state index in [1.54, 1.807) is 24.3 Å². The highest BCUT2D eigenvalue weighted by atomic mass is 16.4. The molecule has 0 heterocycles. The van der Waals surface area contributed by atoms with Crippen molar-refractivity contribution in [3.8, 4) is 6.07 Å². The maximum absolute atomic E-state index is 11.3. The third-order valence-electron chi connectivity index (χ3n) is 2.56. The molecule has 3 nitrogen and oxygen atoms in total. The molecule has 0 saturated carbocycles. The molecule has 0 aliphatic heterocycles. The number of aliphatic carboxylic acids is 1. The van der Waals surface area contributed by atoms with E-state index < -0.39 is 11.9 Å². The van der Waals surface area contributed by atoms with E-state index in [0.717, 1.165) is 5.56 Å². The molecule has 1 aromatic rings. The van der Waals surface area contributed by atoms with E-state index in [1.165, 1.54) is 0 Å². The van der Waals surface area contributed by atoms with Gasteiger partial charge in [0.15, 0.2) is 0 Å². The molecule has 0 saturated heterocycles. The van der Waals surface area contributed by atoms with Gasteiger partial charge in [0, 0.05) is 0 Å². The van der Waals surface area contributed by atoms with Crippen molar-refractivity contribution in [2.24, 2.45) is 5.41 Å². The Bertz CT molecular complexity index is 435. The number of carboxylic acid groups (broad SMARTS) is 1. The Hall–Kier alpha value is -1.82. The number of carbonyl (C=O) groups is 1. The fraction of sp³-hybridized carbons (Fsp3) is 0.429. The highest BCUT2D eigenvalue weighted by Crippen LogP contribution is 2.31. The van der Waals surface area contributed by atoms with E-state index in [4.69, 9.17) is 5.26 Å². The van der Waals surface area contributed by atoms with Crippen LogP contribution < -0.4 is 0 Å². The van der Waals surface area contributed by atoms with Crippen molar-refractivity contribution < 1.29 is 9.90 Å². The van der Waals surface area contributed by atoms with Crippen LogP contribution in [0.2, 0.25) is 0 Å². The Morgan fingerprint density at radius 1 is 1.35 bits per heavy atom. The molecule has 90 valence electrons. The molecule has 0 fully saturated rings. The van der Waals surface area contributed by atoms with Crippen LogP contribution in [0.25, 0.3) is 0 Å². The van der Waals surface area contributed by atoms with Gasteiger partial charge in [-0.3, -0.25) is 4.79 Å². The lowest BCUT2D eigenvalue weighted by Crippen LogP contribution is -2.19. The molecule has 1 aromatic carbocycles. The zero-order chi connectivity index (χ0) is 13.1. The number of benzene rings is 1. The second-order valence-electron chi connectivity index (χ2n) is 5.39. The first kappa shape index (κ1) is 13.2. The molecule has 0 spiro atoms. The molecule has 1 rings (SSSR count). The van der Waals surface area contributed by atoms with Gasteiger partial charge in [-0.1, -0.05) is 32.9 Å². The summed E-state index contributed by atoms with van der Waals surface area (Å²) < 4.78 is 0. The second kappa shape index (κ2) is 5.01. The smallest absolute Gasteiger partial charge is 0.310 e. The van der Waals surface area contributed by atoms with E-state index in [1.807, 2.05) is 26.8 Å². The van der Waals surface area contributed by atoms with Crippen LogP contribution in [0.4, 0.5) is 0 Å². The number of carboxylic acids is 1. The van der Waals surface area contributed by atoms with Gasteiger partial charge >= 0.3 is 5.97 Å². The summed E-state index contributed by atoms with van der Waals surface area (Å²) in [5.74, 6) is -1.33. The van der Waals surface area contributed by atoms with Crippen LogP contribution in [0, 0.1) is 16.7 Å². The van der Waals surface area contributed by atoms with Crippen LogP contribution in [0.1, 0.15) is 44.2 Å². The minimum Gasteiger partial charge on any atom is -0.481 e. The summed E-state index contributed by atoms with van der Waals surface area (Å²) >= 11 is 0. The molecule has 1 unspecified atom stereocenters. The molecule has 0 radical (unpaired) electrons. The lowest BCUT2D eigenvalue weighted by Gasteiger charge is -2.23. The van der Waals surface area contributed by atoms with E-state index in [0.29, 0.717) is 12.0 Å². The van der Waals surface area contributed by atoms with Gasteiger partial charge in [0.1, 0.15) is 0 Å². The molecule has 0 bridgehead atoms. The van der Waals surface area contributed by atoms with Crippen molar-refractivity contribution >= 4 is 5.97 Å². The first-order chi connectivity index (χ1) is 7.83. The van der Waals surface area contributed by atoms with Gasteiger partial charge in [0.05, 0.1) is 17.6 Å². The molecule has 17 heavy (non-hydrogen) atoms. The molecule has 3 heteroatoms. The van der Waals surface area contributed by atoms with Crippen molar-refractivity contribution in [1.82, 2.24) is 0 Å². The van der Waals surface area contributed by atoms with Gasteiger partial charge < -0.3 is 5.11 Å². The molecule has 0 aliphatic carbocycles. The summed E-state index contributed by atoms with van der Waals surface area (Å²) in [6.07, 6.45) is 0.578. The Kier molecular flexibility index (Phi) is 3.90. The topological polar surface area (TPSA) is 61.1 Å².